The largest absolute Gasteiger partial charge is 0.135 e. The van der Waals surface area contributed by atoms with Crippen molar-refractivity contribution in [2.75, 3.05) is 0 Å². The molecule has 1 aliphatic rings. The lowest BCUT2D eigenvalue weighted by atomic mass is 9.66. The number of rotatable bonds is 13. The second-order valence-corrected chi connectivity index (χ2v) is 21.8. The molecule has 0 saturated carbocycles. The van der Waals surface area contributed by atoms with Gasteiger partial charge in [0, 0.05) is 26.1 Å². The number of benzene rings is 11. The number of hydrogen-bond donors (Lipinski definition) is 0. The third-order valence-electron chi connectivity index (χ3n) is 16.5. The van der Waals surface area contributed by atoms with Crippen LogP contribution in [0.3, 0.4) is 0 Å². The van der Waals surface area contributed by atoms with Gasteiger partial charge in [-0.15, -0.1) is 11.3 Å². The minimum Gasteiger partial charge on any atom is -0.135 e. The van der Waals surface area contributed by atoms with Gasteiger partial charge in [0.25, 0.3) is 0 Å². The molecule has 0 amide bonds. The van der Waals surface area contributed by atoms with Crippen LogP contribution in [0.25, 0.3) is 53.2 Å². The van der Waals surface area contributed by atoms with Crippen LogP contribution >= 0.6 is 11.3 Å². The zero-order chi connectivity index (χ0) is 49.6. The molecule has 74 heavy (non-hydrogen) atoms. The molecule has 356 valence electrons. The normalized spacial score (nSPS) is 13.9. The van der Waals surface area contributed by atoms with E-state index in [1.165, 1.54) is 114 Å². The van der Waals surface area contributed by atoms with Crippen molar-refractivity contribution in [2.45, 2.75) is 56.3 Å². The molecule has 1 aliphatic carbocycles. The van der Waals surface area contributed by atoms with Crippen molar-refractivity contribution >= 4 is 42.3 Å². The fraction of sp³-hybridized carbons (Fsp3) is 0.123. The molecule has 12 aromatic rings. The summed E-state index contributed by atoms with van der Waals surface area (Å²) in [5.74, 6) is 0.682. The SMILES string of the molecule is Cc1ccc(C(CCc2cc3c(c4ccccc24)-c2ccc(C(C)C(Cc4ccccc4)c4ccc5sc6ccccc6c5c4)cc2C3(c2ccccc2)c2ccccc2)c2ccc(-c3ccccc3)cc2)cc1. The Morgan fingerprint density at radius 1 is 0.419 bits per heavy atom. The van der Waals surface area contributed by atoms with E-state index in [4.69, 9.17) is 0 Å². The Labute approximate surface area is 440 Å². The van der Waals surface area contributed by atoms with Gasteiger partial charge in [0.15, 0.2) is 0 Å². The van der Waals surface area contributed by atoms with Crippen LogP contribution in [0.5, 0.6) is 0 Å². The molecule has 0 spiro atoms. The Kier molecular flexibility index (Phi) is 12.0. The Hall–Kier alpha value is -8.10. The van der Waals surface area contributed by atoms with Crippen LogP contribution in [-0.2, 0) is 18.3 Å². The Morgan fingerprint density at radius 3 is 1.65 bits per heavy atom. The van der Waals surface area contributed by atoms with Crippen LogP contribution in [-0.4, -0.2) is 0 Å². The molecule has 1 aromatic heterocycles. The first-order valence-corrected chi connectivity index (χ1v) is 27.3. The van der Waals surface area contributed by atoms with Gasteiger partial charge in [-0.2, -0.15) is 0 Å². The average molecular weight is 967 g/mol. The zero-order valence-electron chi connectivity index (χ0n) is 42.1. The summed E-state index contributed by atoms with van der Waals surface area (Å²) in [6, 6.07) is 98.9. The summed E-state index contributed by atoms with van der Waals surface area (Å²) >= 11 is 1.90. The topological polar surface area (TPSA) is 0 Å². The van der Waals surface area contributed by atoms with Crippen LogP contribution in [0.4, 0.5) is 0 Å². The molecule has 0 saturated heterocycles. The quantitative estimate of drug-likeness (QED) is 0.108. The maximum absolute atomic E-state index is 2.63. The van der Waals surface area contributed by atoms with Gasteiger partial charge in [-0.05, 0) is 145 Å². The van der Waals surface area contributed by atoms with Gasteiger partial charge in [0.05, 0.1) is 5.41 Å². The van der Waals surface area contributed by atoms with E-state index < -0.39 is 5.41 Å². The van der Waals surface area contributed by atoms with Crippen LogP contribution in [0.2, 0.25) is 0 Å². The van der Waals surface area contributed by atoms with E-state index >= 15 is 0 Å². The van der Waals surface area contributed by atoms with E-state index in [-0.39, 0.29) is 17.8 Å². The highest BCUT2D eigenvalue weighted by Gasteiger charge is 2.47. The van der Waals surface area contributed by atoms with Gasteiger partial charge in [-0.1, -0.05) is 255 Å². The number of hydrogen-bond acceptors (Lipinski definition) is 1. The monoisotopic (exact) mass is 966 g/mol. The van der Waals surface area contributed by atoms with Crippen LogP contribution in [0.1, 0.15) is 92.3 Å². The molecule has 1 heteroatoms. The molecule has 0 nitrogen and oxygen atoms in total. The predicted molar refractivity (Wildman–Crippen MR) is 315 cm³/mol. The summed E-state index contributed by atoms with van der Waals surface area (Å²) < 4.78 is 2.70. The second-order valence-electron chi connectivity index (χ2n) is 20.7. The first kappa shape index (κ1) is 45.7. The second kappa shape index (κ2) is 19.4. The lowest BCUT2D eigenvalue weighted by molar-refractivity contribution is 0.572. The third-order valence-corrected chi connectivity index (χ3v) is 17.7. The summed E-state index contributed by atoms with van der Waals surface area (Å²) in [5.41, 5.74) is 19.5. The van der Waals surface area contributed by atoms with Gasteiger partial charge in [0.2, 0.25) is 0 Å². The number of fused-ring (bicyclic) bond motifs is 8. The maximum Gasteiger partial charge on any atom is 0.0713 e. The number of thiophene rings is 1. The fourth-order valence-electron chi connectivity index (χ4n) is 12.7. The molecular weight excluding hydrogens is 909 g/mol. The smallest absolute Gasteiger partial charge is 0.0713 e. The lowest BCUT2D eigenvalue weighted by Gasteiger charge is -2.35. The molecule has 3 unspecified atom stereocenters. The van der Waals surface area contributed by atoms with Crippen LogP contribution in [0.15, 0.2) is 261 Å². The van der Waals surface area contributed by atoms with Gasteiger partial charge in [-0.3, -0.25) is 0 Å². The predicted octanol–water partition coefficient (Wildman–Crippen LogP) is 19.4. The van der Waals surface area contributed by atoms with E-state index in [9.17, 15) is 0 Å². The molecular formula is C73H58S. The van der Waals surface area contributed by atoms with Crippen molar-refractivity contribution in [1.82, 2.24) is 0 Å². The average Bonchev–Trinajstić information content (AvgIpc) is 4.00. The van der Waals surface area contributed by atoms with Crippen LogP contribution < -0.4 is 0 Å². The summed E-state index contributed by atoms with van der Waals surface area (Å²) in [5, 5.41) is 5.38. The van der Waals surface area contributed by atoms with Crippen molar-refractivity contribution < 1.29 is 0 Å². The molecule has 3 atom stereocenters. The fourth-order valence-corrected chi connectivity index (χ4v) is 13.8. The van der Waals surface area contributed by atoms with E-state index in [0.717, 1.165) is 19.3 Å². The highest BCUT2D eigenvalue weighted by Crippen LogP contribution is 2.59. The molecule has 0 fully saturated rings. The summed E-state index contributed by atoms with van der Waals surface area (Å²) in [7, 11) is 0. The molecule has 0 radical (unpaired) electrons. The Morgan fingerprint density at radius 2 is 0.959 bits per heavy atom. The first-order chi connectivity index (χ1) is 36.5. The standard InChI is InChI=1S/C73H58S/c1-49-31-33-54(34-32-49)61(55-37-35-53(36-38-55)52-21-9-4-10-22-52)42-40-58-48-69-72(64-29-16-15-27-62(58)64)65-43-39-56(47-68(65)73(69,59-23-11-5-12-24-59)60-25-13-6-14-26-60)50(2)66(45-51-19-7-3-8-20-51)57-41-44-71-67(46-57)63-28-17-18-30-70(63)74-71/h3-39,41,43-44,46-48,50,61,66H,40,42,45H2,1-2H3. The highest BCUT2D eigenvalue weighted by molar-refractivity contribution is 7.25. The molecule has 11 aromatic carbocycles. The Balaban J connectivity index is 0.967. The van der Waals surface area contributed by atoms with Gasteiger partial charge >= 0.3 is 0 Å². The van der Waals surface area contributed by atoms with E-state index in [1.807, 2.05) is 11.3 Å². The summed E-state index contributed by atoms with van der Waals surface area (Å²) in [4.78, 5) is 0. The molecule has 0 bridgehead atoms. The molecule has 0 N–H and O–H groups in total. The lowest BCUT2D eigenvalue weighted by Crippen LogP contribution is -2.29. The summed E-state index contributed by atoms with van der Waals surface area (Å²) in [6.45, 7) is 4.67. The van der Waals surface area contributed by atoms with E-state index in [2.05, 4.69) is 275 Å². The Bertz CT molecular complexity index is 3890. The van der Waals surface area contributed by atoms with Gasteiger partial charge < -0.3 is 0 Å². The number of aryl methyl sites for hydroxylation is 2. The summed E-state index contributed by atoms with van der Waals surface area (Å²) in [6.07, 6.45) is 2.85. The van der Waals surface area contributed by atoms with Crippen molar-refractivity contribution in [3.05, 3.63) is 322 Å². The molecule has 13 rings (SSSR count). The third kappa shape index (κ3) is 8.08. The van der Waals surface area contributed by atoms with Gasteiger partial charge in [0.1, 0.15) is 0 Å². The molecule has 0 aliphatic heterocycles. The molecule has 1 heterocycles. The highest BCUT2D eigenvalue weighted by atomic mass is 32.1. The first-order valence-electron chi connectivity index (χ1n) is 26.5. The van der Waals surface area contributed by atoms with E-state index in [1.54, 1.807) is 0 Å². The van der Waals surface area contributed by atoms with Gasteiger partial charge in [-0.25, -0.2) is 0 Å². The van der Waals surface area contributed by atoms with Crippen LogP contribution in [0, 0.1) is 6.92 Å². The van der Waals surface area contributed by atoms with Crippen molar-refractivity contribution in [2.24, 2.45) is 0 Å². The van der Waals surface area contributed by atoms with Crippen molar-refractivity contribution in [1.29, 1.82) is 0 Å². The zero-order valence-corrected chi connectivity index (χ0v) is 42.9. The maximum atomic E-state index is 2.63. The van der Waals surface area contributed by atoms with E-state index in [0.29, 0.717) is 0 Å². The van der Waals surface area contributed by atoms with Crippen molar-refractivity contribution in [3.8, 4) is 22.3 Å². The minimum atomic E-state index is -0.561. The van der Waals surface area contributed by atoms with Crippen molar-refractivity contribution in [3.63, 3.8) is 0 Å². The minimum absolute atomic E-state index is 0.212.